The van der Waals surface area contributed by atoms with E-state index in [-0.39, 0.29) is 0 Å². The number of thiophene rings is 1. The Kier molecular flexibility index (Phi) is 2.44. The minimum absolute atomic E-state index is 0.874. The predicted octanol–water partition coefficient (Wildman–Crippen LogP) is 3.46. The van der Waals surface area contributed by atoms with Gasteiger partial charge in [0.15, 0.2) is 0 Å². The van der Waals surface area contributed by atoms with Gasteiger partial charge in [-0.15, -0.1) is 11.3 Å². The molecule has 0 aliphatic carbocycles. The second-order valence-corrected chi connectivity index (χ2v) is 5.12. The molecule has 0 bridgehead atoms. The molecule has 16 heavy (non-hydrogen) atoms. The summed E-state index contributed by atoms with van der Waals surface area (Å²) in [6, 6.07) is 2.17. The second kappa shape index (κ2) is 3.94. The zero-order valence-electron chi connectivity index (χ0n) is 9.25. The zero-order valence-corrected chi connectivity index (χ0v) is 10.1. The van der Waals surface area contributed by atoms with Crippen LogP contribution < -0.4 is 5.32 Å². The van der Waals surface area contributed by atoms with E-state index >= 15 is 0 Å². The summed E-state index contributed by atoms with van der Waals surface area (Å²) in [5.41, 5.74) is 3.57. The molecule has 0 radical (unpaired) electrons. The first-order chi connectivity index (χ1) is 7.84. The Bertz CT molecular complexity index is 501. The minimum atomic E-state index is 0.874. The van der Waals surface area contributed by atoms with Crippen LogP contribution in [0.5, 0.6) is 0 Å². The molecule has 0 saturated heterocycles. The van der Waals surface area contributed by atoms with E-state index < -0.39 is 0 Å². The molecule has 3 nitrogen and oxygen atoms in total. The first-order valence-electron chi connectivity index (χ1n) is 5.62. The number of hydrogen-bond acceptors (Lipinski definition) is 4. The summed E-state index contributed by atoms with van der Waals surface area (Å²) in [4.78, 5) is 1.21. The van der Waals surface area contributed by atoms with E-state index in [4.69, 9.17) is 4.52 Å². The van der Waals surface area contributed by atoms with Gasteiger partial charge in [0, 0.05) is 12.1 Å². The third-order valence-corrected chi connectivity index (χ3v) is 3.95. The van der Waals surface area contributed by atoms with Gasteiger partial charge in [-0.25, -0.2) is 0 Å². The normalized spacial score (nSPS) is 15.3. The predicted molar refractivity (Wildman–Crippen MR) is 66.0 cm³/mol. The molecule has 1 N–H and O–H groups in total. The Balaban J connectivity index is 2.05. The quantitative estimate of drug-likeness (QED) is 0.821. The van der Waals surface area contributed by atoms with Crippen LogP contribution in [-0.4, -0.2) is 11.7 Å². The fourth-order valence-corrected chi connectivity index (χ4v) is 2.96. The average Bonchev–Trinajstić information content (AvgIpc) is 2.79. The van der Waals surface area contributed by atoms with Crippen molar-refractivity contribution in [1.82, 2.24) is 5.16 Å². The molecule has 0 amide bonds. The van der Waals surface area contributed by atoms with Crippen LogP contribution in [0.2, 0.25) is 0 Å². The highest BCUT2D eigenvalue weighted by molar-refractivity contribution is 7.13. The van der Waals surface area contributed by atoms with Gasteiger partial charge in [0.1, 0.15) is 5.69 Å². The van der Waals surface area contributed by atoms with Gasteiger partial charge in [0.25, 0.3) is 0 Å². The van der Waals surface area contributed by atoms with Crippen molar-refractivity contribution in [3.8, 4) is 10.6 Å². The Morgan fingerprint density at radius 2 is 2.38 bits per heavy atom. The van der Waals surface area contributed by atoms with Crippen molar-refractivity contribution >= 4 is 17.2 Å². The molecule has 0 unspecified atom stereocenters. The molecule has 0 saturated carbocycles. The maximum Gasteiger partial charge on any atom is 0.228 e. The maximum absolute atomic E-state index is 5.38. The minimum Gasteiger partial charge on any atom is -0.354 e. The van der Waals surface area contributed by atoms with E-state index in [1.165, 1.54) is 28.8 Å². The average molecular weight is 234 g/mol. The highest BCUT2D eigenvalue weighted by atomic mass is 32.1. The fourth-order valence-electron chi connectivity index (χ4n) is 2.06. The van der Waals surface area contributed by atoms with Gasteiger partial charge in [-0.3, -0.25) is 0 Å². The molecular weight excluding hydrogens is 220 g/mol. The molecule has 84 valence electrons. The van der Waals surface area contributed by atoms with E-state index in [0.717, 1.165) is 24.5 Å². The molecule has 2 aromatic rings. The number of anilines is 1. The van der Waals surface area contributed by atoms with Crippen LogP contribution in [0.1, 0.15) is 24.0 Å². The first-order valence-corrected chi connectivity index (χ1v) is 6.50. The SMILES string of the molecule is Cc1csc(-c2noc3c2CCCCN3)c1. The first kappa shape index (κ1) is 9.90. The number of aryl methyl sites for hydroxylation is 1. The summed E-state index contributed by atoms with van der Waals surface area (Å²) in [5.74, 6) is 0.874. The Hall–Kier alpha value is -1.29. The number of hydrogen-bond donors (Lipinski definition) is 1. The van der Waals surface area contributed by atoms with Crippen LogP contribution in [-0.2, 0) is 6.42 Å². The molecule has 0 fully saturated rings. The van der Waals surface area contributed by atoms with E-state index in [0.29, 0.717) is 0 Å². The van der Waals surface area contributed by atoms with E-state index in [2.05, 4.69) is 28.8 Å². The van der Waals surface area contributed by atoms with Crippen LogP contribution in [0, 0.1) is 6.92 Å². The van der Waals surface area contributed by atoms with Crippen molar-refractivity contribution in [1.29, 1.82) is 0 Å². The third-order valence-electron chi connectivity index (χ3n) is 2.89. The third kappa shape index (κ3) is 1.63. The summed E-state index contributed by atoms with van der Waals surface area (Å²) in [6.45, 7) is 3.10. The summed E-state index contributed by atoms with van der Waals surface area (Å²) < 4.78 is 5.38. The van der Waals surface area contributed by atoms with Crippen LogP contribution >= 0.6 is 11.3 Å². The topological polar surface area (TPSA) is 38.1 Å². The number of nitrogens with zero attached hydrogens (tertiary/aromatic N) is 1. The van der Waals surface area contributed by atoms with Crippen molar-refractivity contribution in [2.75, 3.05) is 11.9 Å². The summed E-state index contributed by atoms with van der Waals surface area (Å²) in [5, 5.41) is 9.65. The van der Waals surface area contributed by atoms with Gasteiger partial charge in [-0.1, -0.05) is 5.16 Å². The van der Waals surface area contributed by atoms with Crippen molar-refractivity contribution in [3.63, 3.8) is 0 Å². The Morgan fingerprint density at radius 3 is 3.19 bits per heavy atom. The lowest BCUT2D eigenvalue weighted by Crippen LogP contribution is -1.97. The standard InChI is InChI=1S/C12H14N2OS/c1-8-6-10(16-7-8)11-9-4-2-3-5-13-12(9)15-14-11/h6-7,13H,2-5H2,1H3. The highest BCUT2D eigenvalue weighted by Gasteiger charge is 2.19. The Labute approximate surface area is 98.5 Å². The van der Waals surface area contributed by atoms with Crippen molar-refractivity contribution in [2.24, 2.45) is 0 Å². The van der Waals surface area contributed by atoms with Gasteiger partial charge in [-0.2, -0.15) is 0 Å². The molecule has 0 atom stereocenters. The Morgan fingerprint density at radius 1 is 1.44 bits per heavy atom. The fraction of sp³-hybridized carbons (Fsp3) is 0.417. The molecule has 2 aromatic heterocycles. The number of aromatic nitrogens is 1. The van der Waals surface area contributed by atoms with Crippen LogP contribution in [0.15, 0.2) is 16.0 Å². The van der Waals surface area contributed by atoms with E-state index in [9.17, 15) is 0 Å². The molecule has 0 aromatic carbocycles. The van der Waals surface area contributed by atoms with Crippen molar-refractivity contribution < 1.29 is 4.52 Å². The largest absolute Gasteiger partial charge is 0.354 e. The summed E-state index contributed by atoms with van der Waals surface area (Å²) in [7, 11) is 0. The summed E-state index contributed by atoms with van der Waals surface area (Å²) >= 11 is 1.74. The molecule has 4 heteroatoms. The number of fused-ring (bicyclic) bond motifs is 1. The molecular formula is C12H14N2OS. The lowest BCUT2D eigenvalue weighted by atomic mass is 10.1. The summed E-state index contributed by atoms with van der Waals surface area (Å²) in [6.07, 6.45) is 3.48. The molecule has 3 rings (SSSR count). The molecule has 1 aliphatic heterocycles. The van der Waals surface area contributed by atoms with Gasteiger partial charge in [-0.05, 0) is 43.2 Å². The van der Waals surface area contributed by atoms with Gasteiger partial charge < -0.3 is 9.84 Å². The molecule has 3 heterocycles. The highest BCUT2D eigenvalue weighted by Crippen LogP contribution is 2.34. The van der Waals surface area contributed by atoms with Gasteiger partial charge >= 0.3 is 0 Å². The van der Waals surface area contributed by atoms with Gasteiger partial charge in [0.2, 0.25) is 5.88 Å². The second-order valence-electron chi connectivity index (χ2n) is 4.21. The van der Waals surface area contributed by atoms with Gasteiger partial charge in [0.05, 0.1) is 4.88 Å². The van der Waals surface area contributed by atoms with Crippen molar-refractivity contribution in [2.45, 2.75) is 26.2 Å². The molecule has 0 spiro atoms. The lowest BCUT2D eigenvalue weighted by Gasteiger charge is -1.97. The zero-order chi connectivity index (χ0) is 11.0. The lowest BCUT2D eigenvalue weighted by molar-refractivity contribution is 0.435. The van der Waals surface area contributed by atoms with Crippen molar-refractivity contribution in [3.05, 3.63) is 22.6 Å². The maximum atomic E-state index is 5.38. The van der Waals surface area contributed by atoms with Crippen LogP contribution in [0.3, 0.4) is 0 Å². The smallest absolute Gasteiger partial charge is 0.228 e. The molecule has 1 aliphatic rings. The monoisotopic (exact) mass is 234 g/mol. The van der Waals surface area contributed by atoms with Crippen LogP contribution in [0.4, 0.5) is 5.88 Å². The van der Waals surface area contributed by atoms with E-state index in [1.807, 2.05) is 0 Å². The number of rotatable bonds is 1. The number of nitrogens with one attached hydrogen (secondary N) is 1. The van der Waals surface area contributed by atoms with E-state index in [1.54, 1.807) is 11.3 Å². The van der Waals surface area contributed by atoms with Crippen LogP contribution in [0.25, 0.3) is 10.6 Å².